The Hall–Kier alpha value is -3.07. The molecule has 1 aromatic carbocycles. The lowest BCUT2D eigenvalue weighted by Gasteiger charge is -2.26. The van der Waals surface area contributed by atoms with Crippen molar-refractivity contribution in [3.63, 3.8) is 0 Å². The molecule has 0 saturated heterocycles. The zero-order chi connectivity index (χ0) is 17.1. The first-order valence-electron chi connectivity index (χ1n) is 6.88. The summed E-state index contributed by atoms with van der Waals surface area (Å²) in [7, 11) is 1.18. The van der Waals surface area contributed by atoms with E-state index in [2.05, 4.69) is 4.74 Å². The van der Waals surface area contributed by atoms with Crippen molar-refractivity contribution in [2.24, 2.45) is 5.73 Å². The molecular weight excluding hydrogens is 296 g/mol. The molecule has 1 aliphatic heterocycles. The standard InChI is InChI=1S/C17H16N2O4/c1-9-4-6-11(7-5-9)14-12(8-18)16(19)23-15(17(21)22-3)13(14)10(2)20/h4-7,14H,19H2,1-3H3. The number of nitriles is 1. The summed E-state index contributed by atoms with van der Waals surface area (Å²) in [4.78, 5) is 24.1. The van der Waals surface area contributed by atoms with Crippen LogP contribution in [0.3, 0.4) is 0 Å². The number of ether oxygens (including phenoxy) is 2. The van der Waals surface area contributed by atoms with Gasteiger partial charge >= 0.3 is 5.97 Å². The quantitative estimate of drug-likeness (QED) is 0.854. The maximum atomic E-state index is 12.1. The van der Waals surface area contributed by atoms with Crippen LogP contribution in [0.5, 0.6) is 0 Å². The lowest BCUT2D eigenvalue weighted by molar-refractivity contribution is -0.140. The fourth-order valence-corrected chi connectivity index (χ4v) is 2.46. The number of rotatable bonds is 3. The van der Waals surface area contributed by atoms with Crippen molar-refractivity contribution in [1.29, 1.82) is 5.26 Å². The second kappa shape index (κ2) is 6.36. The van der Waals surface area contributed by atoms with E-state index in [1.165, 1.54) is 14.0 Å². The molecule has 0 fully saturated rings. The Bertz CT molecular complexity index is 767. The highest BCUT2D eigenvalue weighted by Gasteiger charge is 2.38. The molecule has 1 aliphatic rings. The number of aryl methyl sites for hydroxylation is 1. The third-order valence-corrected chi connectivity index (χ3v) is 3.58. The molecule has 1 heterocycles. The smallest absolute Gasteiger partial charge is 0.374 e. The van der Waals surface area contributed by atoms with E-state index in [1.807, 2.05) is 25.1 Å². The molecule has 23 heavy (non-hydrogen) atoms. The second-order valence-corrected chi connectivity index (χ2v) is 5.13. The maximum Gasteiger partial charge on any atom is 0.374 e. The third-order valence-electron chi connectivity index (χ3n) is 3.58. The summed E-state index contributed by atoms with van der Waals surface area (Å²) in [5.74, 6) is -2.45. The number of ketones is 1. The van der Waals surface area contributed by atoms with Crippen LogP contribution < -0.4 is 5.73 Å². The molecule has 1 unspecified atom stereocenters. The van der Waals surface area contributed by atoms with Gasteiger partial charge in [0.1, 0.15) is 11.6 Å². The van der Waals surface area contributed by atoms with Crippen molar-refractivity contribution in [2.75, 3.05) is 7.11 Å². The number of methoxy groups -OCH3 is 1. The molecule has 1 atom stereocenters. The van der Waals surface area contributed by atoms with Crippen LogP contribution in [0.25, 0.3) is 0 Å². The first-order valence-corrected chi connectivity index (χ1v) is 6.88. The molecule has 6 heteroatoms. The van der Waals surface area contributed by atoms with Gasteiger partial charge in [0, 0.05) is 0 Å². The molecule has 0 radical (unpaired) electrons. The Kier molecular flexibility index (Phi) is 4.51. The summed E-state index contributed by atoms with van der Waals surface area (Å²) in [6.45, 7) is 3.23. The van der Waals surface area contributed by atoms with E-state index in [1.54, 1.807) is 12.1 Å². The summed E-state index contributed by atoms with van der Waals surface area (Å²) in [6.07, 6.45) is 0. The van der Waals surface area contributed by atoms with Crippen molar-refractivity contribution in [1.82, 2.24) is 0 Å². The van der Waals surface area contributed by atoms with Crippen LogP contribution in [0.1, 0.15) is 24.0 Å². The number of nitrogens with zero attached hydrogens (tertiary/aromatic N) is 1. The van der Waals surface area contributed by atoms with Crippen molar-refractivity contribution in [3.05, 3.63) is 58.2 Å². The van der Waals surface area contributed by atoms with Crippen LogP contribution in [-0.2, 0) is 19.1 Å². The number of hydrogen-bond acceptors (Lipinski definition) is 6. The van der Waals surface area contributed by atoms with Crippen LogP contribution >= 0.6 is 0 Å². The van der Waals surface area contributed by atoms with Gasteiger partial charge in [0.2, 0.25) is 11.6 Å². The number of allylic oxidation sites excluding steroid dienone is 2. The van der Waals surface area contributed by atoms with Crippen molar-refractivity contribution in [3.8, 4) is 6.07 Å². The Balaban J connectivity index is 2.72. The van der Waals surface area contributed by atoms with Gasteiger partial charge in [-0.3, -0.25) is 4.79 Å². The van der Waals surface area contributed by atoms with E-state index >= 15 is 0 Å². The molecule has 1 aromatic rings. The van der Waals surface area contributed by atoms with Crippen LogP contribution in [0, 0.1) is 18.3 Å². The fraction of sp³-hybridized carbons (Fsp3) is 0.235. The van der Waals surface area contributed by atoms with E-state index in [4.69, 9.17) is 10.5 Å². The van der Waals surface area contributed by atoms with Gasteiger partial charge in [-0.2, -0.15) is 5.26 Å². The highest BCUT2D eigenvalue weighted by molar-refractivity contribution is 6.04. The van der Waals surface area contributed by atoms with Crippen LogP contribution in [-0.4, -0.2) is 18.9 Å². The van der Waals surface area contributed by atoms with Gasteiger partial charge in [-0.05, 0) is 19.4 Å². The maximum absolute atomic E-state index is 12.1. The minimum absolute atomic E-state index is 0.0615. The van der Waals surface area contributed by atoms with Gasteiger partial charge in [0.25, 0.3) is 0 Å². The molecule has 2 rings (SSSR count). The lowest BCUT2D eigenvalue weighted by Crippen LogP contribution is -2.27. The predicted octanol–water partition coefficient (Wildman–Crippen LogP) is 1.82. The van der Waals surface area contributed by atoms with Crippen molar-refractivity contribution in [2.45, 2.75) is 19.8 Å². The Labute approximate surface area is 133 Å². The molecule has 118 valence electrons. The molecule has 0 bridgehead atoms. The molecule has 0 saturated carbocycles. The Morgan fingerprint density at radius 2 is 1.91 bits per heavy atom. The first-order chi connectivity index (χ1) is 10.9. The average Bonchev–Trinajstić information content (AvgIpc) is 2.53. The van der Waals surface area contributed by atoms with E-state index in [0.717, 1.165) is 5.56 Å². The first kappa shape index (κ1) is 16.3. The van der Waals surface area contributed by atoms with Crippen molar-refractivity contribution < 1.29 is 19.1 Å². The largest absolute Gasteiger partial charge is 0.463 e. The Morgan fingerprint density at radius 1 is 1.30 bits per heavy atom. The molecule has 0 aliphatic carbocycles. The minimum Gasteiger partial charge on any atom is -0.463 e. The van der Waals surface area contributed by atoms with Crippen LogP contribution in [0.15, 0.2) is 47.1 Å². The summed E-state index contributed by atoms with van der Waals surface area (Å²) in [5, 5.41) is 9.41. The van der Waals surface area contributed by atoms with Gasteiger partial charge in [-0.1, -0.05) is 29.8 Å². The van der Waals surface area contributed by atoms with Gasteiger partial charge < -0.3 is 15.2 Å². The third kappa shape index (κ3) is 2.94. The molecule has 0 amide bonds. The zero-order valence-corrected chi connectivity index (χ0v) is 13.0. The lowest BCUT2D eigenvalue weighted by atomic mass is 9.81. The van der Waals surface area contributed by atoms with Crippen molar-refractivity contribution >= 4 is 11.8 Å². The normalized spacial score (nSPS) is 17.4. The minimum atomic E-state index is -0.813. The number of Topliss-reactive ketones (excluding diaryl/α,β-unsaturated/α-hetero) is 1. The molecule has 0 spiro atoms. The average molecular weight is 312 g/mol. The zero-order valence-electron chi connectivity index (χ0n) is 13.0. The molecule has 2 N–H and O–H groups in total. The topological polar surface area (TPSA) is 102 Å². The number of carbonyl (C=O) groups excluding carboxylic acids is 2. The summed E-state index contributed by atoms with van der Waals surface area (Å²) in [6, 6.07) is 9.25. The highest BCUT2D eigenvalue weighted by Crippen LogP contribution is 2.39. The number of carbonyl (C=O) groups is 2. The van der Waals surface area contributed by atoms with E-state index in [0.29, 0.717) is 5.56 Å². The number of hydrogen-bond donors (Lipinski definition) is 1. The summed E-state index contributed by atoms with van der Waals surface area (Å²) in [5.41, 5.74) is 7.62. The van der Waals surface area contributed by atoms with E-state index in [-0.39, 0.29) is 22.8 Å². The van der Waals surface area contributed by atoms with E-state index in [9.17, 15) is 14.9 Å². The number of esters is 1. The van der Waals surface area contributed by atoms with Crippen LogP contribution in [0.2, 0.25) is 0 Å². The van der Waals surface area contributed by atoms with Gasteiger partial charge in [-0.15, -0.1) is 0 Å². The number of nitrogens with two attached hydrogens (primary N) is 1. The van der Waals surface area contributed by atoms with Crippen LogP contribution in [0.4, 0.5) is 0 Å². The molecule has 6 nitrogen and oxygen atoms in total. The van der Waals surface area contributed by atoms with E-state index < -0.39 is 17.7 Å². The van der Waals surface area contributed by atoms with Gasteiger partial charge in [-0.25, -0.2) is 4.79 Å². The SMILES string of the molecule is COC(=O)C1=C(C(C)=O)C(c2ccc(C)cc2)C(C#N)=C(N)O1. The number of benzene rings is 1. The summed E-state index contributed by atoms with van der Waals surface area (Å²) < 4.78 is 9.87. The predicted molar refractivity (Wildman–Crippen MR) is 81.6 cm³/mol. The van der Waals surface area contributed by atoms with Gasteiger partial charge in [0.05, 0.1) is 18.6 Å². The Morgan fingerprint density at radius 3 is 2.39 bits per heavy atom. The van der Waals surface area contributed by atoms with Gasteiger partial charge in [0.15, 0.2) is 5.78 Å². The second-order valence-electron chi connectivity index (χ2n) is 5.13. The monoisotopic (exact) mass is 312 g/mol. The highest BCUT2D eigenvalue weighted by atomic mass is 16.6. The molecular formula is C17H16N2O4. The molecule has 0 aromatic heterocycles. The summed E-state index contributed by atoms with van der Waals surface area (Å²) >= 11 is 0. The fourth-order valence-electron chi connectivity index (χ4n) is 2.46.